The number of hydrogen-bond donors (Lipinski definition) is 1. The Bertz CT molecular complexity index is 585. The molecule has 0 radical (unpaired) electrons. The molecule has 1 amide bonds. The summed E-state index contributed by atoms with van der Waals surface area (Å²) in [5, 5.41) is 12.4. The van der Waals surface area contributed by atoms with Crippen molar-refractivity contribution < 1.29 is 4.79 Å². The monoisotopic (exact) mass is 284 g/mol. The smallest absolute Gasteiger partial charge is 0.224 e. The maximum atomic E-state index is 12.0. The molecule has 0 spiro atoms. The topological polar surface area (TPSA) is 69.0 Å². The molecule has 1 saturated heterocycles. The molecule has 0 unspecified atom stereocenters. The summed E-state index contributed by atoms with van der Waals surface area (Å²) in [6.45, 7) is 2.31. The normalized spacial score (nSPS) is 16.6. The van der Waals surface area contributed by atoms with Crippen molar-refractivity contribution in [2.24, 2.45) is 0 Å². The van der Waals surface area contributed by atoms with E-state index in [1.54, 1.807) is 0 Å². The molecule has 1 aromatic heterocycles. The largest absolute Gasteiger partial charge is 0.368 e. The van der Waals surface area contributed by atoms with Crippen molar-refractivity contribution in [3.8, 4) is 6.07 Å². The van der Waals surface area contributed by atoms with Crippen molar-refractivity contribution in [2.45, 2.75) is 38.5 Å². The van der Waals surface area contributed by atoms with Gasteiger partial charge in [-0.1, -0.05) is 0 Å². The SMILES string of the molecule is N#Cc1cc2c(nc1NCCC(=O)N1CCCC1)CCC2. The molecule has 1 N–H and O–H groups in total. The first kappa shape index (κ1) is 13.9. The van der Waals surface area contributed by atoms with E-state index in [-0.39, 0.29) is 5.91 Å². The Kier molecular flexibility index (Phi) is 4.05. The van der Waals surface area contributed by atoms with Gasteiger partial charge in [-0.25, -0.2) is 4.98 Å². The summed E-state index contributed by atoms with van der Waals surface area (Å²) in [4.78, 5) is 18.5. The lowest BCUT2D eigenvalue weighted by molar-refractivity contribution is -0.129. The van der Waals surface area contributed by atoms with E-state index in [1.807, 2.05) is 11.0 Å². The molecule has 1 fully saturated rings. The lowest BCUT2D eigenvalue weighted by Gasteiger charge is -2.15. The molecule has 5 nitrogen and oxygen atoms in total. The summed E-state index contributed by atoms with van der Waals surface area (Å²) < 4.78 is 0. The summed E-state index contributed by atoms with van der Waals surface area (Å²) in [5.41, 5.74) is 2.89. The van der Waals surface area contributed by atoms with E-state index < -0.39 is 0 Å². The van der Waals surface area contributed by atoms with Crippen LogP contribution >= 0.6 is 0 Å². The second-order valence-corrected chi connectivity index (χ2v) is 5.72. The molecule has 3 rings (SSSR count). The highest BCUT2D eigenvalue weighted by molar-refractivity contribution is 5.77. The molecule has 2 heterocycles. The fourth-order valence-corrected chi connectivity index (χ4v) is 3.10. The number of nitrogens with zero attached hydrogens (tertiary/aromatic N) is 3. The third kappa shape index (κ3) is 2.99. The maximum absolute atomic E-state index is 12.0. The first-order valence-corrected chi connectivity index (χ1v) is 7.72. The van der Waals surface area contributed by atoms with Crippen LogP contribution in [0.3, 0.4) is 0 Å². The number of pyridine rings is 1. The number of aryl methyl sites for hydroxylation is 2. The summed E-state index contributed by atoms with van der Waals surface area (Å²) in [6.07, 6.45) is 5.81. The van der Waals surface area contributed by atoms with Crippen molar-refractivity contribution in [2.75, 3.05) is 25.0 Å². The molecule has 110 valence electrons. The van der Waals surface area contributed by atoms with E-state index in [4.69, 9.17) is 0 Å². The number of amides is 1. The van der Waals surface area contributed by atoms with Crippen LogP contribution in [-0.4, -0.2) is 35.4 Å². The summed E-state index contributed by atoms with van der Waals surface area (Å²) >= 11 is 0. The molecule has 2 aliphatic rings. The predicted molar refractivity (Wildman–Crippen MR) is 79.9 cm³/mol. The van der Waals surface area contributed by atoms with Gasteiger partial charge in [0.25, 0.3) is 0 Å². The number of fused-ring (bicyclic) bond motifs is 1. The van der Waals surface area contributed by atoms with E-state index in [0.717, 1.165) is 50.9 Å². The number of hydrogen-bond acceptors (Lipinski definition) is 4. The van der Waals surface area contributed by atoms with Crippen LogP contribution in [0.1, 0.15) is 42.5 Å². The zero-order valence-corrected chi connectivity index (χ0v) is 12.2. The molecular weight excluding hydrogens is 264 g/mol. The van der Waals surface area contributed by atoms with Gasteiger partial charge in [-0.3, -0.25) is 4.79 Å². The van der Waals surface area contributed by atoms with E-state index in [9.17, 15) is 10.1 Å². The highest BCUT2D eigenvalue weighted by Crippen LogP contribution is 2.24. The molecule has 21 heavy (non-hydrogen) atoms. The summed E-state index contributed by atoms with van der Waals surface area (Å²) in [6, 6.07) is 4.14. The van der Waals surface area contributed by atoms with Crippen LogP contribution in [-0.2, 0) is 17.6 Å². The zero-order chi connectivity index (χ0) is 14.7. The molecular formula is C16H20N4O. The van der Waals surface area contributed by atoms with Crippen LogP contribution in [0.4, 0.5) is 5.82 Å². The number of nitrogens with one attached hydrogen (secondary N) is 1. The van der Waals surface area contributed by atoms with Gasteiger partial charge in [0, 0.05) is 31.7 Å². The minimum Gasteiger partial charge on any atom is -0.368 e. The molecule has 0 atom stereocenters. The average Bonchev–Trinajstić information content (AvgIpc) is 3.17. The van der Waals surface area contributed by atoms with Gasteiger partial charge in [0.2, 0.25) is 5.91 Å². The molecule has 1 aromatic rings. The maximum Gasteiger partial charge on any atom is 0.224 e. The second-order valence-electron chi connectivity index (χ2n) is 5.72. The van der Waals surface area contributed by atoms with Gasteiger partial charge in [-0.15, -0.1) is 0 Å². The van der Waals surface area contributed by atoms with Gasteiger partial charge in [0.15, 0.2) is 0 Å². The average molecular weight is 284 g/mol. The summed E-state index contributed by atoms with van der Waals surface area (Å²) in [5.74, 6) is 0.826. The molecule has 5 heteroatoms. The van der Waals surface area contributed by atoms with E-state index in [2.05, 4.69) is 16.4 Å². The van der Waals surface area contributed by atoms with Gasteiger partial charge >= 0.3 is 0 Å². The van der Waals surface area contributed by atoms with Crippen LogP contribution in [0, 0.1) is 11.3 Å². The lowest BCUT2D eigenvalue weighted by Crippen LogP contribution is -2.29. The Morgan fingerprint density at radius 3 is 2.90 bits per heavy atom. The fraction of sp³-hybridized carbons (Fsp3) is 0.562. The highest BCUT2D eigenvalue weighted by atomic mass is 16.2. The van der Waals surface area contributed by atoms with Gasteiger partial charge in [0.05, 0.1) is 5.56 Å². The van der Waals surface area contributed by atoms with Gasteiger partial charge in [-0.05, 0) is 43.7 Å². The van der Waals surface area contributed by atoms with Gasteiger partial charge in [0.1, 0.15) is 11.9 Å². The number of carbonyl (C=O) groups is 1. The van der Waals surface area contributed by atoms with Crippen LogP contribution in [0.5, 0.6) is 0 Å². The third-order valence-electron chi connectivity index (χ3n) is 4.26. The van der Waals surface area contributed by atoms with Crippen LogP contribution in [0.25, 0.3) is 0 Å². The van der Waals surface area contributed by atoms with Gasteiger partial charge in [-0.2, -0.15) is 5.26 Å². The molecule has 1 aliphatic carbocycles. The summed E-state index contributed by atoms with van der Waals surface area (Å²) in [7, 11) is 0. The van der Waals surface area contributed by atoms with E-state index >= 15 is 0 Å². The van der Waals surface area contributed by atoms with Crippen molar-refractivity contribution in [1.82, 2.24) is 9.88 Å². The third-order valence-corrected chi connectivity index (χ3v) is 4.26. The van der Waals surface area contributed by atoms with Crippen LogP contribution in [0.15, 0.2) is 6.07 Å². The molecule has 0 aromatic carbocycles. The first-order valence-electron chi connectivity index (χ1n) is 7.72. The Labute approximate surface area is 125 Å². The minimum atomic E-state index is 0.194. The number of rotatable bonds is 4. The number of likely N-dealkylation sites (tertiary alicyclic amines) is 1. The fourth-order valence-electron chi connectivity index (χ4n) is 3.10. The predicted octanol–water partition coefficient (Wildman–Crippen LogP) is 1.87. The Morgan fingerprint density at radius 2 is 2.14 bits per heavy atom. The Hall–Kier alpha value is -2.09. The molecule has 0 bridgehead atoms. The molecule has 0 saturated carbocycles. The number of aromatic nitrogens is 1. The number of nitriles is 1. The minimum absolute atomic E-state index is 0.194. The quantitative estimate of drug-likeness (QED) is 0.916. The standard InChI is InChI=1S/C16H20N4O/c17-11-13-10-12-4-3-5-14(12)19-16(13)18-7-6-15(21)20-8-1-2-9-20/h10H,1-9H2,(H,18,19). The van der Waals surface area contributed by atoms with Crippen molar-refractivity contribution in [1.29, 1.82) is 5.26 Å². The highest BCUT2D eigenvalue weighted by Gasteiger charge is 2.18. The van der Waals surface area contributed by atoms with Crippen molar-refractivity contribution in [3.63, 3.8) is 0 Å². The Balaban J connectivity index is 1.60. The van der Waals surface area contributed by atoms with Gasteiger partial charge < -0.3 is 10.2 Å². The second kappa shape index (κ2) is 6.13. The van der Waals surface area contributed by atoms with Crippen molar-refractivity contribution >= 4 is 11.7 Å². The van der Waals surface area contributed by atoms with Crippen molar-refractivity contribution in [3.05, 3.63) is 22.9 Å². The van der Waals surface area contributed by atoms with E-state index in [0.29, 0.717) is 24.3 Å². The number of carbonyl (C=O) groups excluding carboxylic acids is 1. The first-order chi connectivity index (χ1) is 10.3. The zero-order valence-electron chi connectivity index (χ0n) is 12.2. The molecule has 1 aliphatic heterocycles. The number of anilines is 1. The lowest BCUT2D eigenvalue weighted by atomic mass is 10.1. The Morgan fingerprint density at radius 1 is 1.33 bits per heavy atom. The van der Waals surface area contributed by atoms with E-state index in [1.165, 1.54) is 5.56 Å². The van der Waals surface area contributed by atoms with Crippen LogP contribution < -0.4 is 5.32 Å². The van der Waals surface area contributed by atoms with Crippen LogP contribution in [0.2, 0.25) is 0 Å².